The molecular weight excluding hydrogens is 398 g/mol. The van der Waals surface area contributed by atoms with Crippen molar-refractivity contribution in [3.63, 3.8) is 0 Å². The number of likely N-dealkylation sites (tertiary alicyclic amines) is 2. The number of anilines is 1. The summed E-state index contributed by atoms with van der Waals surface area (Å²) in [6.07, 6.45) is 5.80. The van der Waals surface area contributed by atoms with E-state index in [1.54, 1.807) is 7.11 Å². The maximum absolute atomic E-state index is 13.0. The molecule has 5 heteroatoms. The van der Waals surface area contributed by atoms with Crippen LogP contribution in [0, 0.1) is 5.92 Å². The topological polar surface area (TPSA) is 44.8 Å². The molecule has 2 aliphatic rings. The second-order valence-corrected chi connectivity index (χ2v) is 9.21. The van der Waals surface area contributed by atoms with Crippen molar-refractivity contribution in [2.24, 2.45) is 5.92 Å². The van der Waals surface area contributed by atoms with Gasteiger partial charge in [0.25, 0.3) is 0 Å². The van der Waals surface area contributed by atoms with Gasteiger partial charge in [0, 0.05) is 18.3 Å². The van der Waals surface area contributed by atoms with Crippen LogP contribution >= 0.6 is 0 Å². The largest absolute Gasteiger partial charge is 0.497 e. The van der Waals surface area contributed by atoms with Crippen molar-refractivity contribution < 1.29 is 9.53 Å². The van der Waals surface area contributed by atoms with E-state index in [1.807, 2.05) is 30.3 Å². The number of nitrogens with one attached hydrogen (secondary N) is 1. The zero-order chi connectivity index (χ0) is 22.3. The highest BCUT2D eigenvalue weighted by molar-refractivity contribution is 5.93. The predicted octanol–water partition coefficient (Wildman–Crippen LogP) is 4.89. The Morgan fingerprint density at radius 2 is 1.81 bits per heavy atom. The van der Waals surface area contributed by atoms with E-state index >= 15 is 0 Å². The number of piperidine rings is 2. The number of rotatable bonds is 7. The fraction of sp³-hybridized carbons (Fsp3) is 0.519. The number of nitrogens with zero attached hydrogens (tertiary/aromatic N) is 2. The average Bonchev–Trinajstić information content (AvgIpc) is 2.85. The van der Waals surface area contributed by atoms with Gasteiger partial charge in [-0.05, 0) is 93.7 Å². The van der Waals surface area contributed by atoms with Gasteiger partial charge >= 0.3 is 0 Å². The Kier molecular flexibility index (Phi) is 7.82. The Balaban J connectivity index is 1.31. The molecule has 0 spiro atoms. The van der Waals surface area contributed by atoms with Crippen LogP contribution in [-0.2, 0) is 4.79 Å². The van der Waals surface area contributed by atoms with Crippen molar-refractivity contribution in [1.29, 1.82) is 0 Å². The summed E-state index contributed by atoms with van der Waals surface area (Å²) < 4.78 is 5.32. The number of carbonyl (C=O) groups excluding carboxylic acids is 1. The quantitative estimate of drug-likeness (QED) is 0.673. The molecule has 2 heterocycles. The molecule has 2 saturated heterocycles. The third-order valence-electron chi connectivity index (χ3n) is 6.99. The van der Waals surface area contributed by atoms with Crippen LogP contribution in [0.1, 0.15) is 39.0 Å². The molecule has 5 nitrogen and oxygen atoms in total. The smallest absolute Gasteiger partial charge is 0.228 e. The van der Waals surface area contributed by atoms with Crippen LogP contribution in [0.4, 0.5) is 5.69 Å². The summed E-state index contributed by atoms with van der Waals surface area (Å²) in [5, 5.41) is 3.16. The van der Waals surface area contributed by atoms with E-state index in [9.17, 15) is 4.79 Å². The van der Waals surface area contributed by atoms with Crippen LogP contribution in [0.25, 0.3) is 11.1 Å². The van der Waals surface area contributed by atoms with Gasteiger partial charge in [-0.1, -0.05) is 31.2 Å². The summed E-state index contributed by atoms with van der Waals surface area (Å²) in [7, 11) is 1.68. The Hall–Kier alpha value is -2.37. The molecule has 172 valence electrons. The van der Waals surface area contributed by atoms with Crippen LogP contribution in [0.3, 0.4) is 0 Å². The Morgan fingerprint density at radius 1 is 1.03 bits per heavy atom. The number of hydrogen-bond acceptors (Lipinski definition) is 4. The normalized spacial score (nSPS) is 20.8. The highest BCUT2D eigenvalue weighted by Crippen LogP contribution is 2.27. The van der Waals surface area contributed by atoms with Crippen molar-refractivity contribution in [2.45, 2.75) is 45.1 Å². The lowest BCUT2D eigenvalue weighted by molar-refractivity contribution is -0.122. The van der Waals surface area contributed by atoms with Gasteiger partial charge in [-0.2, -0.15) is 0 Å². The highest BCUT2D eigenvalue weighted by Gasteiger charge is 2.31. The second-order valence-electron chi connectivity index (χ2n) is 9.21. The molecule has 2 fully saturated rings. The van der Waals surface area contributed by atoms with E-state index < -0.39 is 0 Å². The highest BCUT2D eigenvalue weighted by atomic mass is 16.5. The maximum Gasteiger partial charge on any atom is 0.228 e. The number of hydrogen-bond donors (Lipinski definition) is 1. The molecule has 2 aromatic carbocycles. The zero-order valence-electron chi connectivity index (χ0n) is 19.6. The molecule has 0 bridgehead atoms. The van der Waals surface area contributed by atoms with E-state index in [-0.39, 0.29) is 11.8 Å². The van der Waals surface area contributed by atoms with Gasteiger partial charge in [-0.3, -0.25) is 9.69 Å². The fourth-order valence-electron chi connectivity index (χ4n) is 5.17. The van der Waals surface area contributed by atoms with E-state index in [0.717, 1.165) is 48.5 Å². The van der Waals surface area contributed by atoms with Gasteiger partial charge < -0.3 is 15.0 Å². The summed E-state index contributed by atoms with van der Waals surface area (Å²) in [6, 6.07) is 16.8. The SMILES string of the molecule is CCCN1CCC(N2CCCC(C(=O)Nc3ccc(-c4cccc(OC)c4)cc3)C2)CC1. The summed E-state index contributed by atoms with van der Waals surface area (Å²) in [4.78, 5) is 18.2. The van der Waals surface area contributed by atoms with E-state index in [2.05, 4.69) is 40.2 Å². The van der Waals surface area contributed by atoms with Gasteiger partial charge in [0.1, 0.15) is 5.75 Å². The van der Waals surface area contributed by atoms with Crippen LogP contribution in [0.5, 0.6) is 5.75 Å². The molecule has 4 rings (SSSR count). The first-order valence-electron chi connectivity index (χ1n) is 12.2. The Morgan fingerprint density at radius 3 is 2.53 bits per heavy atom. The van der Waals surface area contributed by atoms with Crippen molar-refractivity contribution in [3.8, 4) is 16.9 Å². The first-order chi connectivity index (χ1) is 15.7. The standard InChI is InChI=1S/C27H37N3O2/c1-3-15-29-17-13-25(14-18-29)30-16-5-7-23(20-30)27(31)28-24-11-9-21(10-12-24)22-6-4-8-26(19-22)32-2/h4,6,8-12,19,23,25H,3,5,7,13-18,20H2,1-2H3,(H,28,31). The average molecular weight is 436 g/mol. The van der Waals surface area contributed by atoms with Crippen LogP contribution in [-0.4, -0.2) is 61.6 Å². The summed E-state index contributed by atoms with van der Waals surface area (Å²) in [6.45, 7) is 7.90. The first-order valence-corrected chi connectivity index (χ1v) is 12.2. The minimum atomic E-state index is 0.0792. The summed E-state index contributed by atoms with van der Waals surface area (Å²) >= 11 is 0. The molecule has 1 N–H and O–H groups in total. The van der Waals surface area contributed by atoms with Gasteiger partial charge in [-0.15, -0.1) is 0 Å². The van der Waals surface area contributed by atoms with E-state index in [4.69, 9.17) is 4.74 Å². The Bertz CT molecular complexity index is 875. The third kappa shape index (κ3) is 5.70. The lowest BCUT2D eigenvalue weighted by atomic mass is 9.93. The number of methoxy groups -OCH3 is 1. The molecule has 0 radical (unpaired) electrons. The minimum absolute atomic E-state index is 0.0792. The molecule has 1 unspecified atom stereocenters. The van der Waals surface area contributed by atoms with Crippen LogP contribution < -0.4 is 10.1 Å². The second kappa shape index (κ2) is 11.0. The third-order valence-corrected chi connectivity index (χ3v) is 6.99. The molecule has 2 aromatic rings. The minimum Gasteiger partial charge on any atom is -0.497 e. The van der Waals surface area contributed by atoms with Gasteiger partial charge in [0.05, 0.1) is 13.0 Å². The van der Waals surface area contributed by atoms with Crippen LogP contribution in [0.15, 0.2) is 48.5 Å². The Labute approximate surface area is 192 Å². The van der Waals surface area contributed by atoms with E-state index in [1.165, 1.54) is 38.9 Å². The molecule has 0 aromatic heterocycles. The molecule has 32 heavy (non-hydrogen) atoms. The zero-order valence-corrected chi connectivity index (χ0v) is 19.6. The van der Waals surface area contributed by atoms with Crippen molar-refractivity contribution in [2.75, 3.05) is 45.2 Å². The number of benzene rings is 2. The molecule has 0 saturated carbocycles. The fourth-order valence-corrected chi connectivity index (χ4v) is 5.17. The number of amides is 1. The molecular formula is C27H37N3O2. The van der Waals surface area contributed by atoms with Crippen molar-refractivity contribution in [3.05, 3.63) is 48.5 Å². The van der Waals surface area contributed by atoms with Gasteiger partial charge in [0.2, 0.25) is 5.91 Å². The first kappa shape index (κ1) is 22.8. The van der Waals surface area contributed by atoms with Crippen LogP contribution in [0.2, 0.25) is 0 Å². The van der Waals surface area contributed by atoms with Crippen molar-refractivity contribution in [1.82, 2.24) is 9.80 Å². The molecule has 1 amide bonds. The van der Waals surface area contributed by atoms with Crippen molar-refractivity contribution >= 4 is 11.6 Å². The van der Waals surface area contributed by atoms with E-state index in [0.29, 0.717) is 6.04 Å². The summed E-state index contributed by atoms with van der Waals surface area (Å²) in [5.41, 5.74) is 3.09. The van der Waals surface area contributed by atoms with Gasteiger partial charge in [0.15, 0.2) is 0 Å². The lowest BCUT2D eigenvalue weighted by Crippen LogP contribution is -2.50. The molecule has 1 atom stereocenters. The summed E-state index contributed by atoms with van der Waals surface area (Å²) in [5.74, 6) is 1.08. The van der Waals surface area contributed by atoms with Gasteiger partial charge in [-0.25, -0.2) is 0 Å². The molecule has 2 aliphatic heterocycles. The number of ether oxygens (including phenoxy) is 1. The maximum atomic E-state index is 13.0. The predicted molar refractivity (Wildman–Crippen MR) is 131 cm³/mol. The monoisotopic (exact) mass is 435 g/mol. The number of carbonyl (C=O) groups is 1. The lowest BCUT2D eigenvalue weighted by Gasteiger charge is -2.42. The molecule has 0 aliphatic carbocycles.